The summed E-state index contributed by atoms with van der Waals surface area (Å²) >= 11 is 13.0. The van der Waals surface area contributed by atoms with Gasteiger partial charge in [-0.05, 0) is 42.5 Å². The van der Waals surface area contributed by atoms with Gasteiger partial charge in [0.2, 0.25) is 0 Å². The fourth-order valence-electron chi connectivity index (χ4n) is 3.27. The Balaban J connectivity index is 1.75. The highest BCUT2D eigenvalue weighted by molar-refractivity contribution is 7.16. The number of aromatic nitrogens is 3. The predicted molar refractivity (Wildman–Crippen MR) is 106 cm³/mol. The van der Waals surface area contributed by atoms with Crippen molar-refractivity contribution < 1.29 is 30.7 Å². The quantitative estimate of drug-likeness (QED) is 0.333. The van der Waals surface area contributed by atoms with E-state index in [1.807, 2.05) is 0 Å². The Morgan fingerprint density at radius 2 is 1.58 bits per heavy atom. The van der Waals surface area contributed by atoms with Gasteiger partial charge in [-0.1, -0.05) is 28.4 Å². The van der Waals surface area contributed by atoms with Crippen molar-refractivity contribution in [1.82, 2.24) is 15.0 Å². The van der Waals surface area contributed by atoms with Crippen molar-refractivity contribution in [2.45, 2.75) is 36.8 Å². The van der Waals surface area contributed by atoms with E-state index in [0.717, 1.165) is 23.1 Å². The van der Waals surface area contributed by atoms with Crippen LogP contribution in [0.15, 0.2) is 24.4 Å². The fourth-order valence-corrected chi connectivity index (χ4v) is 4.93. The van der Waals surface area contributed by atoms with E-state index in [-0.39, 0.29) is 23.5 Å². The van der Waals surface area contributed by atoms with Gasteiger partial charge < -0.3 is 0 Å². The van der Waals surface area contributed by atoms with Gasteiger partial charge in [0.1, 0.15) is 22.3 Å². The summed E-state index contributed by atoms with van der Waals surface area (Å²) in [5.41, 5.74) is -6.61. The Bertz CT molecular complexity index is 1230. The zero-order chi connectivity index (χ0) is 24.3. The maximum absolute atomic E-state index is 14.4. The Labute approximate surface area is 195 Å². The Morgan fingerprint density at radius 3 is 2.06 bits per heavy atom. The molecule has 0 saturated heterocycles. The number of benzene rings is 1. The van der Waals surface area contributed by atoms with Gasteiger partial charge in [0.05, 0.1) is 21.1 Å². The molecule has 174 valence electrons. The van der Waals surface area contributed by atoms with Crippen LogP contribution in [0, 0.1) is 11.3 Å². The van der Waals surface area contributed by atoms with E-state index in [1.165, 1.54) is 17.5 Å². The highest BCUT2D eigenvalue weighted by Crippen LogP contribution is 2.54. The van der Waals surface area contributed by atoms with Crippen LogP contribution in [0.4, 0.5) is 30.7 Å². The van der Waals surface area contributed by atoms with E-state index in [4.69, 9.17) is 23.2 Å². The third kappa shape index (κ3) is 3.96. The Kier molecular flexibility index (Phi) is 5.66. The number of halogens is 9. The van der Waals surface area contributed by atoms with Gasteiger partial charge >= 0.3 is 18.0 Å². The number of hydrogen-bond donors (Lipinski definition) is 0. The lowest BCUT2D eigenvalue weighted by molar-refractivity contribution is -0.348. The molecule has 14 heteroatoms. The number of thiophene rings is 1. The lowest BCUT2D eigenvalue weighted by Gasteiger charge is -2.30. The molecule has 1 aliphatic carbocycles. The molecule has 0 aliphatic heterocycles. The topological polar surface area (TPSA) is 54.5 Å². The summed E-state index contributed by atoms with van der Waals surface area (Å²) in [5.74, 6) is 0.291. The molecule has 2 aromatic heterocycles. The smallest absolute Gasteiger partial charge is 0.218 e. The fraction of sp³-hybridized carbons (Fsp3) is 0.316. The normalized spacial score (nSPS) is 15.0. The van der Waals surface area contributed by atoms with Crippen LogP contribution in [0.5, 0.6) is 0 Å². The first-order valence-electron chi connectivity index (χ1n) is 9.06. The van der Waals surface area contributed by atoms with Crippen LogP contribution in [-0.2, 0) is 5.67 Å². The van der Waals surface area contributed by atoms with Gasteiger partial charge in [-0.2, -0.15) is 31.6 Å². The SMILES string of the molecule is N#Cc1sc(-c2cn(-c3c(Cl)cc(C(F)(C(F)(F)F)C(F)(F)F)cc3Cl)nn2)cc1C1CC1. The van der Waals surface area contributed by atoms with Gasteiger partial charge in [0.15, 0.2) is 0 Å². The minimum Gasteiger partial charge on any atom is -0.218 e. The molecular formula is C19H9Cl2F7N4S. The maximum atomic E-state index is 14.4. The molecule has 0 N–H and O–H groups in total. The molecule has 0 amide bonds. The zero-order valence-corrected chi connectivity index (χ0v) is 18.2. The summed E-state index contributed by atoms with van der Waals surface area (Å²) in [6.07, 6.45) is -9.40. The van der Waals surface area contributed by atoms with Crippen molar-refractivity contribution in [1.29, 1.82) is 5.26 Å². The van der Waals surface area contributed by atoms with Crippen molar-refractivity contribution in [3.8, 4) is 22.3 Å². The summed E-state index contributed by atoms with van der Waals surface area (Å²) in [4.78, 5) is 1.10. The molecule has 3 aromatic rings. The molecule has 33 heavy (non-hydrogen) atoms. The molecule has 0 atom stereocenters. The highest BCUT2D eigenvalue weighted by Gasteiger charge is 2.73. The first-order chi connectivity index (χ1) is 15.3. The van der Waals surface area contributed by atoms with Crippen LogP contribution in [0.1, 0.15) is 34.8 Å². The molecule has 1 saturated carbocycles. The van der Waals surface area contributed by atoms with Crippen LogP contribution in [0.3, 0.4) is 0 Å². The van der Waals surface area contributed by atoms with E-state index in [0.29, 0.717) is 15.7 Å². The summed E-state index contributed by atoms with van der Waals surface area (Å²) in [6.45, 7) is 0. The monoisotopic (exact) mass is 528 g/mol. The van der Waals surface area contributed by atoms with Gasteiger partial charge in [0, 0.05) is 5.56 Å². The largest absolute Gasteiger partial charge is 0.435 e. The minimum absolute atomic E-state index is 0.204. The van der Waals surface area contributed by atoms with Crippen LogP contribution in [0.25, 0.3) is 16.3 Å². The minimum atomic E-state index is -6.31. The van der Waals surface area contributed by atoms with Crippen LogP contribution in [0.2, 0.25) is 10.0 Å². The maximum Gasteiger partial charge on any atom is 0.435 e. The number of alkyl halides is 7. The first-order valence-corrected chi connectivity index (χ1v) is 10.6. The van der Waals surface area contributed by atoms with Gasteiger partial charge in [-0.3, -0.25) is 0 Å². The number of hydrogen-bond acceptors (Lipinski definition) is 4. The van der Waals surface area contributed by atoms with Crippen molar-refractivity contribution in [3.63, 3.8) is 0 Å². The average molecular weight is 529 g/mol. The second-order valence-electron chi connectivity index (χ2n) is 7.27. The molecule has 4 nitrogen and oxygen atoms in total. The summed E-state index contributed by atoms with van der Waals surface area (Å²) in [5, 5.41) is 15.6. The Morgan fingerprint density at radius 1 is 1.00 bits per heavy atom. The standard InChI is InChI=1S/C19H9Cl2F7N4S/c20-11-3-9(17(22,18(23,24)25)19(26,27)28)4-12(21)16(11)32-7-13(30-31-32)14-5-10(8-1-2-8)15(6-29)33-14/h3-5,7-8H,1-2H2. The third-order valence-electron chi connectivity index (χ3n) is 5.05. The molecule has 1 aliphatic rings. The van der Waals surface area contributed by atoms with E-state index in [1.54, 1.807) is 6.07 Å². The van der Waals surface area contributed by atoms with Crippen molar-refractivity contribution in [3.05, 3.63) is 50.4 Å². The van der Waals surface area contributed by atoms with Gasteiger partial charge in [-0.25, -0.2) is 9.07 Å². The Hall–Kier alpha value is -2.36. The molecule has 1 fully saturated rings. The number of nitrogens with zero attached hydrogens (tertiary/aromatic N) is 4. The lowest BCUT2D eigenvalue weighted by Crippen LogP contribution is -2.50. The molecule has 0 radical (unpaired) electrons. The van der Waals surface area contributed by atoms with E-state index in [2.05, 4.69) is 16.4 Å². The molecule has 4 rings (SSSR count). The predicted octanol–water partition coefficient (Wildman–Crippen LogP) is 7.34. The number of rotatable bonds is 4. The van der Waals surface area contributed by atoms with E-state index < -0.39 is 33.6 Å². The summed E-state index contributed by atoms with van der Waals surface area (Å²) in [6, 6.07) is 4.30. The first kappa shape index (κ1) is 23.8. The zero-order valence-electron chi connectivity index (χ0n) is 15.9. The van der Waals surface area contributed by atoms with E-state index >= 15 is 0 Å². The van der Waals surface area contributed by atoms with Gasteiger partial charge in [-0.15, -0.1) is 16.4 Å². The number of nitriles is 1. The molecule has 0 spiro atoms. The van der Waals surface area contributed by atoms with Crippen LogP contribution < -0.4 is 0 Å². The summed E-state index contributed by atoms with van der Waals surface area (Å²) in [7, 11) is 0. The van der Waals surface area contributed by atoms with Crippen LogP contribution >= 0.6 is 34.5 Å². The summed E-state index contributed by atoms with van der Waals surface area (Å²) < 4.78 is 93.7. The second-order valence-corrected chi connectivity index (χ2v) is 9.14. The molecular weight excluding hydrogens is 520 g/mol. The van der Waals surface area contributed by atoms with Crippen LogP contribution in [-0.4, -0.2) is 27.3 Å². The molecule has 2 heterocycles. The average Bonchev–Trinajstić information content (AvgIpc) is 3.27. The van der Waals surface area contributed by atoms with Crippen molar-refractivity contribution in [2.24, 2.45) is 0 Å². The molecule has 1 aromatic carbocycles. The molecule has 0 bridgehead atoms. The van der Waals surface area contributed by atoms with E-state index in [9.17, 15) is 36.0 Å². The van der Waals surface area contributed by atoms with Gasteiger partial charge in [0.25, 0.3) is 0 Å². The highest BCUT2D eigenvalue weighted by atomic mass is 35.5. The third-order valence-corrected chi connectivity index (χ3v) is 6.70. The molecule has 0 unspecified atom stereocenters. The van der Waals surface area contributed by atoms with Crippen molar-refractivity contribution >= 4 is 34.5 Å². The van der Waals surface area contributed by atoms with Crippen molar-refractivity contribution in [2.75, 3.05) is 0 Å². The second kappa shape index (κ2) is 7.85. The lowest BCUT2D eigenvalue weighted by atomic mass is 9.94.